The zero-order chi connectivity index (χ0) is 26.1. The van der Waals surface area contributed by atoms with Gasteiger partial charge in [0.1, 0.15) is 24.4 Å². The van der Waals surface area contributed by atoms with Crippen LogP contribution in [0.15, 0.2) is 35.3 Å². The second-order valence-electron chi connectivity index (χ2n) is 10.5. The van der Waals surface area contributed by atoms with E-state index in [1.165, 1.54) is 18.5 Å². The highest BCUT2D eigenvalue weighted by atomic mass is 35.5. The Labute approximate surface area is 216 Å². The molecule has 2 aliphatic rings. The van der Waals surface area contributed by atoms with Gasteiger partial charge in [-0.2, -0.15) is 0 Å². The molecule has 5 heterocycles. The topological polar surface area (TPSA) is 122 Å². The smallest absolute Gasteiger partial charge is 0.248 e. The number of fused-ring (bicyclic) bond motifs is 2. The molecule has 11 nitrogen and oxygen atoms in total. The van der Waals surface area contributed by atoms with E-state index in [-0.39, 0.29) is 11.1 Å². The van der Waals surface area contributed by atoms with Gasteiger partial charge in [-0.3, -0.25) is 4.57 Å². The van der Waals surface area contributed by atoms with Gasteiger partial charge >= 0.3 is 0 Å². The molecule has 0 bridgehead atoms. The summed E-state index contributed by atoms with van der Waals surface area (Å²) in [6.07, 6.45) is 0.595. The molecule has 0 aliphatic carbocycles. The second-order valence-corrected chi connectivity index (χ2v) is 10.9. The molecule has 2 saturated heterocycles. The zero-order valence-electron chi connectivity index (χ0n) is 20.8. The number of anilines is 2. The predicted molar refractivity (Wildman–Crippen MR) is 130 cm³/mol. The lowest BCUT2D eigenvalue weighted by Gasteiger charge is -2.24. The minimum atomic E-state index is -0.854. The lowest BCUT2D eigenvalue weighted by molar-refractivity contribution is -0.199. The summed E-state index contributed by atoms with van der Waals surface area (Å²) >= 11 is 5.87. The Morgan fingerprint density at radius 3 is 2.59 bits per heavy atom. The van der Waals surface area contributed by atoms with Gasteiger partial charge in [0.05, 0.1) is 12.0 Å². The van der Waals surface area contributed by atoms with Crippen LogP contribution < -0.4 is 5.32 Å². The fourth-order valence-corrected chi connectivity index (χ4v) is 4.66. The molecule has 0 spiro atoms. The molecule has 2 fully saturated rings. The van der Waals surface area contributed by atoms with Crippen molar-refractivity contribution in [2.24, 2.45) is 0 Å². The first-order valence-electron chi connectivity index (χ1n) is 11.7. The number of aromatic nitrogens is 6. The van der Waals surface area contributed by atoms with Crippen LogP contribution in [-0.2, 0) is 19.6 Å². The van der Waals surface area contributed by atoms with E-state index in [0.717, 1.165) is 0 Å². The van der Waals surface area contributed by atoms with Gasteiger partial charge in [0, 0.05) is 10.4 Å². The molecule has 0 saturated carbocycles. The van der Waals surface area contributed by atoms with Crippen molar-refractivity contribution in [3.63, 3.8) is 0 Å². The molecule has 194 valence electrons. The highest BCUT2D eigenvalue weighted by Crippen LogP contribution is 2.49. The molecule has 0 radical (unpaired) electrons. The minimum Gasteiger partial charge on any atom is -0.422 e. The first kappa shape index (κ1) is 24.2. The van der Waals surface area contributed by atoms with Gasteiger partial charge in [0.15, 0.2) is 35.1 Å². The van der Waals surface area contributed by atoms with E-state index in [4.69, 9.17) is 30.2 Å². The quantitative estimate of drug-likeness (QED) is 0.393. The van der Waals surface area contributed by atoms with Crippen LogP contribution in [-0.4, -0.2) is 47.7 Å². The Morgan fingerprint density at radius 2 is 1.86 bits per heavy atom. The summed E-state index contributed by atoms with van der Waals surface area (Å²) in [4.78, 5) is 13.2. The van der Waals surface area contributed by atoms with Gasteiger partial charge in [-0.1, -0.05) is 32.4 Å². The van der Waals surface area contributed by atoms with Crippen LogP contribution in [0.25, 0.3) is 11.2 Å². The summed E-state index contributed by atoms with van der Waals surface area (Å²) in [5.41, 5.74) is 0.771. The fourth-order valence-electron chi connectivity index (χ4n) is 4.50. The average molecular weight is 530 g/mol. The van der Waals surface area contributed by atoms with Crippen molar-refractivity contribution in [2.45, 2.75) is 70.4 Å². The summed E-state index contributed by atoms with van der Waals surface area (Å²) in [6.45, 7) is 9.64. The SMILES string of the molecule is CC1(C)O[C@@H]2[C@@H](c3nnc(C(C)(C)C)o3)OC(n3cnc4c(Nc5ccc(Cl)cc5F)ncnc43)[C@H]2O1. The Balaban J connectivity index is 1.36. The molecule has 1 aromatic carbocycles. The van der Waals surface area contributed by atoms with Crippen molar-refractivity contribution in [3.05, 3.63) is 53.5 Å². The van der Waals surface area contributed by atoms with E-state index < -0.39 is 36.1 Å². The van der Waals surface area contributed by atoms with Crippen molar-refractivity contribution in [1.29, 1.82) is 0 Å². The van der Waals surface area contributed by atoms with Crippen LogP contribution in [0.5, 0.6) is 0 Å². The Bertz CT molecular complexity index is 1480. The molecule has 13 heteroatoms. The fraction of sp³-hybridized carbons (Fsp3) is 0.458. The monoisotopic (exact) mass is 529 g/mol. The van der Waals surface area contributed by atoms with E-state index in [9.17, 15) is 4.39 Å². The maximum absolute atomic E-state index is 14.4. The molecule has 37 heavy (non-hydrogen) atoms. The van der Waals surface area contributed by atoms with Crippen molar-refractivity contribution in [3.8, 4) is 0 Å². The van der Waals surface area contributed by atoms with Crippen LogP contribution in [0.2, 0.25) is 5.02 Å². The number of hydrogen-bond acceptors (Lipinski definition) is 10. The van der Waals surface area contributed by atoms with E-state index in [2.05, 4.69) is 30.5 Å². The van der Waals surface area contributed by atoms with Crippen molar-refractivity contribution < 1.29 is 23.0 Å². The van der Waals surface area contributed by atoms with Crippen LogP contribution in [0.4, 0.5) is 15.9 Å². The molecule has 1 unspecified atom stereocenters. The predicted octanol–water partition coefficient (Wildman–Crippen LogP) is 4.83. The number of rotatable bonds is 4. The van der Waals surface area contributed by atoms with E-state index in [1.807, 2.05) is 34.6 Å². The zero-order valence-corrected chi connectivity index (χ0v) is 21.5. The number of nitrogens with one attached hydrogen (secondary N) is 1. The number of nitrogens with zero attached hydrogens (tertiary/aromatic N) is 6. The van der Waals surface area contributed by atoms with Gasteiger partial charge in [-0.25, -0.2) is 19.3 Å². The molecule has 2 aliphatic heterocycles. The van der Waals surface area contributed by atoms with Crippen LogP contribution in [0.3, 0.4) is 0 Å². The summed E-state index contributed by atoms with van der Waals surface area (Å²) < 4.78 is 40.9. The average Bonchev–Trinajstić information content (AvgIpc) is 3.57. The van der Waals surface area contributed by atoms with E-state index in [1.54, 1.807) is 17.0 Å². The van der Waals surface area contributed by atoms with Gasteiger partial charge < -0.3 is 23.9 Å². The maximum Gasteiger partial charge on any atom is 0.248 e. The summed E-state index contributed by atoms with van der Waals surface area (Å²) in [7, 11) is 0. The van der Waals surface area contributed by atoms with Crippen LogP contribution >= 0.6 is 11.6 Å². The number of hydrogen-bond donors (Lipinski definition) is 1. The maximum atomic E-state index is 14.4. The van der Waals surface area contributed by atoms with Crippen molar-refractivity contribution in [1.82, 2.24) is 29.7 Å². The molecule has 1 N–H and O–H groups in total. The Hall–Kier alpha value is -3.19. The number of imidazole rings is 1. The summed E-state index contributed by atoms with van der Waals surface area (Å²) in [6, 6.07) is 4.33. The first-order chi connectivity index (χ1) is 17.5. The van der Waals surface area contributed by atoms with Gasteiger partial charge in [-0.15, -0.1) is 10.2 Å². The van der Waals surface area contributed by atoms with Crippen LogP contribution in [0, 0.1) is 5.82 Å². The minimum absolute atomic E-state index is 0.205. The molecule has 0 amide bonds. The Morgan fingerprint density at radius 1 is 1.08 bits per heavy atom. The lowest BCUT2D eigenvalue weighted by atomic mass is 9.97. The highest BCUT2D eigenvalue weighted by Gasteiger charge is 2.58. The molecular weight excluding hydrogens is 505 g/mol. The number of halogens is 2. The van der Waals surface area contributed by atoms with Crippen molar-refractivity contribution in [2.75, 3.05) is 5.32 Å². The second kappa shape index (κ2) is 8.42. The van der Waals surface area contributed by atoms with Gasteiger partial charge in [-0.05, 0) is 32.0 Å². The van der Waals surface area contributed by atoms with Crippen molar-refractivity contribution >= 4 is 34.3 Å². The van der Waals surface area contributed by atoms with Crippen LogP contribution in [0.1, 0.15) is 58.7 Å². The number of ether oxygens (including phenoxy) is 3. The molecular formula is C24H25ClFN7O4. The van der Waals surface area contributed by atoms with E-state index >= 15 is 0 Å². The first-order valence-corrected chi connectivity index (χ1v) is 12.1. The van der Waals surface area contributed by atoms with E-state index in [0.29, 0.717) is 33.8 Å². The molecule has 4 aromatic rings. The molecule has 6 rings (SSSR count). The lowest BCUT2D eigenvalue weighted by Crippen LogP contribution is -2.27. The third-order valence-corrected chi connectivity index (χ3v) is 6.41. The molecule has 3 aromatic heterocycles. The summed E-state index contributed by atoms with van der Waals surface area (Å²) in [5, 5.41) is 11.7. The molecule has 4 atom stereocenters. The highest BCUT2D eigenvalue weighted by molar-refractivity contribution is 6.30. The van der Waals surface area contributed by atoms with Gasteiger partial charge in [0.25, 0.3) is 0 Å². The number of benzene rings is 1. The standard InChI is InChI=1S/C24H25ClFN7O4/c1-23(2,3)22-32-31-20(35-22)16-15-17(37-24(4,5)36-15)21(34-16)33-10-29-14-18(27-9-28-19(14)33)30-13-7-6-11(25)8-12(13)26/h6-10,15-17,21H,1-5H3,(H,27,28,30)/t15-,16+,17+,21?/m1/s1. The van der Waals surface area contributed by atoms with Gasteiger partial charge in [0.2, 0.25) is 11.8 Å². The largest absolute Gasteiger partial charge is 0.422 e. The third kappa shape index (κ3) is 4.23. The normalized spacial score (nSPS) is 25.1. The third-order valence-electron chi connectivity index (χ3n) is 6.17. The summed E-state index contributed by atoms with van der Waals surface area (Å²) in [5.74, 6) is -0.242. The Kier molecular flexibility index (Phi) is 5.50.